The number of thiophene rings is 1. The van der Waals surface area contributed by atoms with E-state index < -0.39 is 0 Å². The molecule has 2 aromatic rings. The fourth-order valence-corrected chi connectivity index (χ4v) is 2.74. The Kier molecular flexibility index (Phi) is 3.70. The molecule has 0 atom stereocenters. The Balaban J connectivity index is 2.26. The van der Waals surface area contributed by atoms with Crippen LogP contribution in [0, 0.1) is 0 Å². The van der Waals surface area contributed by atoms with Crippen molar-refractivity contribution in [1.29, 1.82) is 0 Å². The van der Waals surface area contributed by atoms with Crippen LogP contribution in [0.2, 0.25) is 10.0 Å². The van der Waals surface area contributed by atoms with Gasteiger partial charge in [0.1, 0.15) is 0 Å². The number of benzene rings is 1. The first-order valence-corrected chi connectivity index (χ1v) is 6.42. The molecular weight excluding hydrogens is 259 g/mol. The van der Waals surface area contributed by atoms with Gasteiger partial charge < -0.3 is 0 Å². The molecule has 1 aromatic heterocycles. The Morgan fingerprint density at radius 1 is 1.19 bits per heavy atom. The highest BCUT2D eigenvalue weighted by atomic mass is 35.5. The second-order valence-electron chi connectivity index (χ2n) is 3.40. The Hall–Kier alpha value is -0.760. The molecule has 82 valence electrons. The summed E-state index contributed by atoms with van der Waals surface area (Å²) in [5, 5.41) is 1.26. The first-order chi connectivity index (χ1) is 7.70. The van der Waals surface area contributed by atoms with Crippen molar-refractivity contribution < 1.29 is 0 Å². The van der Waals surface area contributed by atoms with Crippen LogP contribution in [0.1, 0.15) is 15.3 Å². The number of halogens is 2. The maximum Gasteiger partial charge on any atom is 0.0627 e. The molecule has 0 N–H and O–H groups in total. The standard InChI is InChI=1S/C13H10Cl2S/c1-2-10-6-7-11(16-10)8-9-4-3-5-12(14)13(9)15/h2-7H,1,8H2. The molecule has 1 aromatic carbocycles. The Morgan fingerprint density at radius 2 is 2.00 bits per heavy atom. The highest BCUT2D eigenvalue weighted by molar-refractivity contribution is 7.12. The average molecular weight is 269 g/mol. The zero-order valence-electron chi connectivity index (χ0n) is 8.54. The van der Waals surface area contributed by atoms with Gasteiger partial charge in [-0.3, -0.25) is 0 Å². The largest absolute Gasteiger partial charge is 0.141 e. The summed E-state index contributed by atoms with van der Waals surface area (Å²) in [6.07, 6.45) is 2.67. The number of hydrogen-bond acceptors (Lipinski definition) is 1. The van der Waals surface area contributed by atoms with E-state index >= 15 is 0 Å². The third-order valence-electron chi connectivity index (χ3n) is 2.28. The van der Waals surface area contributed by atoms with E-state index in [2.05, 4.69) is 18.7 Å². The normalized spacial score (nSPS) is 10.4. The van der Waals surface area contributed by atoms with Crippen molar-refractivity contribution in [2.24, 2.45) is 0 Å². The minimum atomic E-state index is 0.611. The highest BCUT2D eigenvalue weighted by Crippen LogP contribution is 2.29. The molecule has 0 unspecified atom stereocenters. The first kappa shape index (κ1) is 11.7. The smallest absolute Gasteiger partial charge is 0.0627 e. The molecule has 0 aliphatic heterocycles. The summed E-state index contributed by atoms with van der Waals surface area (Å²) < 4.78 is 0. The van der Waals surface area contributed by atoms with E-state index in [0.29, 0.717) is 10.0 Å². The van der Waals surface area contributed by atoms with E-state index in [1.807, 2.05) is 18.2 Å². The van der Waals surface area contributed by atoms with E-state index in [-0.39, 0.29) is 0 Å². The lowest BCUT2D eigenvalue weighted by Gasteiger charge is -2.03. The van der Waals surface area contributed by atoms with Gasteiger partial charge in [-0.15, -0.1) is 11.3 Å². The van der Waals surface area contributed by atoms with Crippen molar-refractivity contribution >= 4 is 40.6 Å². The van der Waals surface area contributed by atoms with Crippen molar-refractivity contribution in [3.63, 3.8) is 0 Å². The Labute approximate surface area is 109 Å². The quantitative estimate of drug-likeness (QED) is 0.710. The predicted octanol–water partition coefficient (Wildman–Crippen LogP) is 5.29. The molecule has 16 heavy (non-hydrogen) atoms. The van der Waals surface area contributed by atoms with Gasteiger partial charge in [0.05, 0.1) is 10.0 Å². The van der Waals surface area contributed by atoms with Crippen molar-refractivity contribution in [3.05, 3.63) is 62.3 Å². The third-order valence-corrected chi connectivity index (χ3v) is 4.22. The predicted molar refractivity (Wildman–Crippen MR) is 73.7 cm³/mol. The fraction of sp³-hybridized carbons (Fsp3) is 0.0769. The molecule has 0 aliphatic rings. The van der Waals surface area contributed by atoms with Gasteiger partial charge in [-0.05, 0) is 23.8 Å². The van der Waals surface area contributed by atoms with Crippen LogP contribution in [-0.2, 0) is 6.42 Å². The SMILES string of the molecule is C=Cc1ccc(Cc2cccc(Cl)c2Cl)s1. The van der Waals surface area contributed by atoms with E-state index in [4.69, 9.17) is 23.2 Å². The molecular formula is C13H10Cl2S. The minimum absolute atomic E-state index is 0.611. The van der Waals surface area contributed by atoms with Gasteiger partial charge >= 0.3 is 0 Å². The van der Waals surface area contributed by atoms with Gasteiger partial charge in [-0.1, -0.05) is 48.0 Å². The van der Waals surface area contributed by atoms with Crippen LogP contribution in [0.3, 0.4) is 0 Å². The molecule has 0 saturated heterocycles. The van der Waals surface area contributed by atoms with Crippen LogP contribution >= 0.6 is 34.5 Å². The molecule has 1 heterocycles. The van der Waals surface area contributed by atoms with Crippen molar-refractivity contribution in [3.8, 4) is 0 Å². The maximum atomic E-state index is 6.14. The second kappa shape index (κ2) is 5.05. The summed E-state index contributed by atoms with van der Waals surface area (Å²) in [4.78, 5) is 2.44. The van der Waals surface area contributed by atoms with Crippen LogP contribution in [0.4, 0.5) is 0 Å². The van der Waals surface area contributed by atoms with Gasteiger partial charge in [0, 0.05) is 16.2 Å². The molecule has 0 spiro atoms. The molecule has 0 amide bonds. The summed E-state index contributed by atoms with van der Waals surface area (Å²) in [6.45, 7) is 3.75. The highest BCUT2D eigenvalue weighted by Gasteiger charge is 2.06. The van der Waals surface area contributed by atoms with Gasteiger partial charge in [0.2, 0.25) is 0 Å². The molecule has 3 heteroatoms. The van der Waals surface area contributed by atoms with Crippen LogP contribution in [0.25, 0.3) is 6.08 Å². The Morgan fingerprint density at radius 3 is 2.69 bits per heavy atom. The molecule has 0 aliphatic carbocycles. The molecule has 0 nitrogen and oxygen atoms in total. The van der Waals surface area contributed by atoms with Crippen LogP contribution in [-0.4, -0.2) is 0 Å². The molecule has 0 radical (unpaired) electrons. The minimum Gasteiger partial charge on any atom is -0.141 e. The summed E-state index contributed by atoms with van der Waals surface area (Å²) in [5.74, 6) is 0. The first-order valence-electron chi connectivity index (χ1n) is 4.84. The fourth-order valence-electron chi connectivity index (χ4n) is 1.47. The average Bonchev–Trinajstić information content (AvgIpc) is 2.73. The van der Waals surface area contributed by atoms with Gasteiger partial charge in [-0.2, -0.15) is 0 Å². The lowest BCUT2D eigenvalue weighted by atomic mass is 10.1. The van der Waals surface area contributed by atoms with Gasteiger partial charge in [-0.25, -0.2) is 0 Å². The summed E-state index contributed by atoms with van der Waals surface area (Å²) in [7, 11) is 0. The van der Waals surface area contributed by atoms with E-state index in [9.17, 15) is 0 Å². The zero-order chi connectivity index (χ0) is 11.5. The van der Waals surface area contributed by atoms with E-state index in [0.717, 1.165) is 12.0 Å². The van der Waals surface area contributed by atoms with Crippen molar-refractivity contribution in [1.82, 2.24) is 0 Å². The van der Waals surface area contributed by atoms with Gasteiger partial charge in [0.25, 0.3) is 0 Å². The Bertz CT molecular complexity index is 514. The molecule has 2 rings (SSSR count). The monoisotopic (exact) mass is 268 g/mol. The lowest BCUT2D eigenvalue weighted by molar-refractivity contribution is 1.24. The van der Waals surface area contributed by atoms with Crippen molar-refractivity contribution in [2.45, 2.75) is 6.42 Å². The summed E-state index contributed by atoms with van der Waals surface area (Å²) in [5.41, 5.74) is 1.06. The van der Waals surface area contributed by atoms with Crippen LogP contribution in [0.15, 0.2) is 36.9 Å². The number of rotatable bonds is 3. The second-order valence-corrected chi connectivity index (χ2v) is 5.38. The van der Waals surface area contributed by atoms with Gasteiger partial charge in [0.15, 0.2) is 0 Å². The molecule has 0 bridgehead atoms. The third kappa shape index (κ3) is 2.49. The number of hydrogen-bond donors (Lipinski definition) is 0. The summed E-state index contributed by atoms with van der Waals surface area (Å²) in [6, 6.07) is 9.88. The topological polar surface area (TPSA) is 0 Å². The van der Waals surface area contributed by atoms with Crippen LogP contribution < -0.4 is 0 Å². The molecule has 0 fully saturated rings. The zero-order valence-corrected chi connectivity index (χ0v) is 10.9. The van der Waals surface area contributed by atoms with E-state index in [1.54, 1.807) is 17.4 Å². The maximum absolute atomic E-state index is 6.14. The molecule has 0 saturated carbocycles. The summed E-state index contributed by atoms with van der Waals surface area (Å²) >= 11 is 13.8. The lowest BCUT2D eigenvalue weighted by Crippen LogP contribution is -1.86. The van der Waals surface area contributed by atoms with Crippen molar-refractivity contribution in [2.75, 3.05) is 0 Å². The van der Waals surface area contributed by atoms with E-state index in [1.165, 1.54) is 9.75 Å². The van der Waals surface area contributed by atoms with Crippen LogP contribution in [0.5, 0.6) is 0 Å².